The number of hydrogen-bond donors (Lipinski definition) is 1. The number of sulfonamides is 1. The summed E-state index contributed by atoms with van der Waals surface area (Å²) in [6.45, 7) is 9.26. The van der Waals surface area contributed by atoms with Gasteiger partial charge in [0.2, 0.25) is 15.9 Å². The summed E-state index contributed by atoms with van der Waals surface area (Å²) in [5, 5.41) is 0. The zero-order valence-corrected chi connectivity index (χ0v) is 14.8. The van der Waals surface area contributed by atoms with Crippen molar-refractivity contribution in [3.63, 3.8) is 0 Å². The van der Waals surface area contributed by atoms with Gasteiger partial charge in [-0.2, -0.15) is 0 Å². The Labute approximate surface area is 132 Å². The minimum absolute atomic E-state index is 0.0185. The molecule has 6 heteroatoms. The van der Waals surface area contributed by atoms with Crippen molar-refractivity contribution in [3.05, 3.63) is 23.3 Å². The smallest absolute Gasteiger partial charge is 0.240 e. The van der Waals surface area contributed by atoms with E-state index in [1.807, 2.05) is 34.6 Å². The van der Waals surface area contributed by atoms with Crippen molar-refractivity contribution in [1.82, 2.24) is 4.72 Å². The lowest BCUT2D eigenvalue weighted by atomic mass is 9.85. The van der Waals surface area contributed by atoms with Crippen LogP contribution in [0.25, 0.3) is 0 Å². The Morgan fingerprint density at radius 2 is 1.91 bits per heavy atom. The Morgan fingerprint density at radius 1 is 1.32 bits per heavy atom. The maximum Gasteiger partial charge on any atom is 0.240 e. The summed E-state index contributed by atoms with van der Waals surface area (Å²) in [6, 6.07) is 3.14. The second-order valence-electron chi connectivity index (χ2n) is 6.56. The van der Waals surface area contributed by atoms with Gasteiger partial charge in [-0.25, -0.2) is 13.1 Å². The third-order valence-electron chi connectivity index (χ3n) is 4.40. The summed E-state index contributed by atoms with van der Waals surface area (Å²) < 4.78 is 27.7. The van der Waals surface area contributed by atoms with Crippen LogP contribution in [0.2, 0.25) is 0 Å². The molecule has 5 nitrogen and oxygen atoms in total. The predicted molar refractivity (Wildman–Crippen MR) is 87.7 cm³/mol. The molecule has 0 bridgehead atoms. The number of carbonyl (C=O) groups excluding carboxylic acids is 1. The normalized spacial score (nSPS) is 18.5. The first-order valence-electron chi connectivity index (χ1n) is 7.48. The number of carbonyl (C=O) groups is 1. The Balaban J connectivity index is 2.59. The van der Waals surface area contributed by atoms with Gasteiger partial charge in [-0.15, -0.1) is 0 Å². The quantitative estimate of drug-likeness (QED) is 0.924. The van der Waals surface area contributed by atoms with Gasteiger partial charge >= 0.3 is 0 Å². The van der Waals surface area contributed by atoms with Crippen molar-refractivity contribution in [2.75, 3.05) is 11.9 Å². The molecule has 1 heterocycles. The van der Waals surface area contributed by atoms with Crippen LogP contribution >= 0.6 is 0 Å². The zero-order chi connectivity index (χ0) is 16.9. The number of likely N-dealkylation sites (N-methyl/N-ethyl adjacent to an activating group) is 1. The number of hydrogen-bond acceptors (Lipinski definition) is 3. The van der Waals surface area contributed by atoms with Gasteiger partial charge in [0.15, 0.2) is 0 Å². The Bertz CT molecular complexity index is 723. The van der Waals surface area contributed by atoms with Crippen LogP contribution in [0.4, 0.5) is 5.69 Å². The number of amides is 1. The highest BCUT2D eigenvalue weighted by molar-refractivity contribution is 7.89. The number of fused-ring (bicyclic) bond motifs is 1. The lowest BCUT2D eigenvalue weighted by Gasteiger charge is -2.18. The zero-order valence-electron chi connectivity index (χ0n) is 14.0. The number of aryl methyl sites for hydroxylation is 1. The molecule has 1 atom stereocenters. The van der Waals surface area contributed by atoms with E-state index < -0.39 is 15.4 Å². The summed E-state index contributed by atoms with van der Waals surface area (Å²) >= 11 is 0. The van der Waals surface area contributed by atoms with Gasteiger partial charge in [-0.1, -0.05) is 6.92 Å². The first-order chi connectivity index (χ1) is 10.0. The molecule has 0 radical (unpaired) electrons. The minimum Gasteiger partial charge on any atom is -0.314 e. The Kier molecular flexibility index (Phi) is 4.13. The molecule has 1 aromatic carbocycles. The number of rotatable bonds is 4. The van der Waals surface area contributed by atoms with Crippen LogP contribution in [0.5, 0.6) is 0 Å². The molecule has 2 rings (SSSR count). The Morgan fingerprint density at radius 3 is 2.45 bits per heavy atom. The molecular formula is C16H24N2O3S. The average Bonchev–Trinajstić information content (AvgIpc) is 2.60. The summed E-state index contributed by atoms with van der Waals surface area (Å²) in [5.74, 6) is -0.0185. The van der Waals surface area contributed by atoms with Crippen LogP contribution in [0.15, 0.2) is 17.0 Å². The second kappa shape index (κ2) is 5.35. The topological polar surface area (TPSA) is 66.5 Å². The molecule has 0 spiro atoms. The molecule has 1 N–H and O–H groups in total. The van der Waals surface area contributed by atoms with Crippen LogP contribution in [-0.2, 0) is 20.2 Å². The first-order valence-corrected chi connectivity index (χ1v) is 8.96. The third-order valence-corrected chi connectivity index (χ3v) is 5.97. The standard InChI is InChI=1S/C16H24N2O3S/c1-7-11(3)17-22(20,21)12-8-10(2)14-13(9-12)16(4,5)15(19)18(14)6/h8-9,11,17H,7H2,1-6H3. The molecule has 22 heavy (non-hydrogen) atoms. The maximum atomic E-state index is 12.5. The molecule has 0 fully saturated rings. The van der Waals surface area contributed by atoms with Crippen molar-refractivity contribution in [3.8, 4) is 0 Å². The molecule has 122 valence electrons. The molecule has 0 aliphatic carbocycles. The Hall–Kier alpha value is -1.40. The third kappa shape index (κ3) is 2.54. The fourth-order valence-corrected chi connectivity index (χ4v) is 4.31. The summed E-state index contributed by atoms with van der Waals surface area (Å²) in [6.07, 6.45) is 0.718. The second-order valence-corrected chi connectivity index (χ2v) is 8.27. The lowest BCUT2D eigenvalue weighted by molar-refractivity contribution is -0.121. The fourth-order valence-electron chi connectivity index (χ4n) is 2.88. The van der Waals surface area contributed by atoms with Crippen molar-refractivity contribution in [2.45, 2.75) is 57.4 Å². The molecule has 1 unspecified atom stereocenters. The molecule has 1 aliphatic heterocycles. The molecule has 1 aromatic rings. The molecule has 1 amide bonds. The molecule has 1 aliphatic rings. The van der Waals surface area contributed by atoms with Gasteiger partial charge in [-0.3, -0.25) is 4.79 Å². The monoisotopic (exact) mass is 324 g/mol. The van der Waals surface area contributed by atoms with Gasteiger partial charge in [0.05, 0.1) is 16.0 Å². The summed E-state index contributed by atoms with van der Waals surface area (Å²) in [5.41, 5.74) is 1.67. The van der Waals surface area contributed by atoms with Crippen LogP contribution in [-0.4, -0.2) is 27.4 Å². The molecule has 0 saturated carbocycles. The molecule has 0 saturated heterocycles. The summed E-state index contributed by atoms with van der Waals surface area (Å²) in [4.78, 5) is 14.2. The number of nitrogens with one attached hydrogen (secondary N) is 1. The van der Waals surface area contributed by atoms with Gasteiger partial charge < -0.3 is 4.90 Å². The molecule has 0 aromatic heterocycles. The lowest BCUT2D eigenvalue weighted by Crippen LogP contribution is -2.33. The van der Waals surface area contributed by atoms with Crippen molar-refractivity contribution < 1.29 is 13.2 Å². The highest BCUT2D eigenvalue weighted by Crippen LogP contribution is 2.43. The average molecular weight is 324 g/mol. The first kappa shape index (κ1) is 17.0. The highest BCUT2D eigenvalue weighted by Gasteiger charge is 2.43. The van der Waals surface area contributed by atoms with Crippen LogP contribution in [0, 0.1) is 6.92 Å². The van der Waals surface area contributed by atoms with E-state index in [1.165, 1.54) is 0 Å². The maximum absolute atomic E-state index is 12.5. The van der Waals surface area contributed by atoms with Crippen LogP contribution in [0.1, 0.15) is 45.2 Å². The van der Waals surface area contributed by atoms with E-state index in [2.05, 4.69) is 4.72 Å². The van der Waals surface area contributed by atoms with Gasteiger partial charge in [-0.05, 0) is 57.4 Å². The van der Waals surface area contributed by atoms with E-state index in [9.17, 15) is 13.2 Å². The summed E-state index contributed by atoms with van der Waals surface area (Å²) in [7, 11) is -1.85. The van der Waals surface area contributed by atoms with Crippen molar-refractivity contribution >= 4 is 21.6 Å². The number of nitrogens with zero attached hydrogens (tertiary/aromatic N) is 1. The van der Waals surface area contributed by atoms with Gasteiger partial charge in [0.25, 0.3) is 0 Å². The number of benzene rings is 1. The number of anilines is 1. The van der Waals surface area contributed by atoms with E-state index in [1.54, 1.807) is 24.1 Å². The minimum atomic E-state index is -3.58. The largest absolute Gasteiger partial charge is 0.314 e. The van der Waals surface area contributed by atoms with Crippen molar-refractivity contribution in [1.29, 1.82) is 0 Å². The molecular weight excluding hydrogens is 300 g/mol. The van der Waals surface area contributed by atoms with Crippen LogP contribution in [0.3, 0.4) is 0 Å². The van der Waals surface area contributed by atoms with Crippen LogP contribution < -0.4 is 9.62 Å². The van der Waals surface area contributed by atoms with E-state index in [0.29, 0.717) is 0 Å². The van der Waals surface area contributed by atoms with E-state index >= 15 is 0 Å². The predicted octanol–water partition coefficient (Wildman–Crippen LogP) is 2.33. The van der Waals surface area contributed by atoms with Crippen molar-refractivity contribution in [2.24, 2.45) is 0 Å². The van der Waals surface area contributed by atoms with E-state index in [-0.39, 0.29) is 16.8 Å². The van der Waals surface area contributed by atoms with E-state index in [0.717, 1.165) is 23.2 Å². The van der Waals surface area contributed by atoms with Gasteiger partial charge in [0.1, 0.15) is 0 Å². The highest BCUT2D eigenvalue weighted by atomic mass is 32.2. The van der Waals surface area contributed by atoms with Gasteiger partial charge in [0, 0.05) is 13.1 Å². The fraction of sp³-hybridized carbons (Fsp3) is 0.562. The van der Waals surface area contributed by atoms with E-state index in [4.69, 9.17) is 0 Å². The SMILES string of the molecule is CCC(C)NS(=O)(=O)c1cc(C)c2c(c1)C(C)(C)C(=O)N2C.